The number of hydrogen-bond acceptors (Lipinski definition) is 3. The molecule has 0 radical (unpaired) electrons. The summed E-state index contributed by atoms with van der Waals surface area (Å²) in [5.41, 5.74) is -1.24. The van der Waals surface area contributed by atoms with Gasteiger partial charge < -0.3 is 5.11 Å². The molecule has 1 atom stereocenters. The lowest BCUT2D eigenvalue weighted by molar-refractivity contribution is -0.143. The molecule has 0 aliphatic heterocycles. The predicted octanol–water partition coefficient (Wildman–Crippen LogP) is 1.32. The van der Waals surface area contributed by atoms with E-state index in [4.69, 9.17) is 0 Å². The number of carboxylic acid groups (broad SMARTS) is 1. The van der Waals surface area contributed by atoms with Crippen molar-refractivity contribution in [3.05, 3.63) is 35.9 Å². The lowest BCUT2D eigenvalue weighted by atomic mass is 9.94. The van der Waals surface area contributed by atoms with Crippen LogP contribution in [-0.4, -0.2) is 25.2 Å². The summed E-state index contributed by atoms with van der Waals surface area (Å²) < 4.78 is 25.8. The summed E-state index contributed by atoms with van der Waals surface area (Å²) in [6.45, 7) is 3.07. The highest BCUT2D eigenvalue weighted by Gasteiger charge is 2.38. The number of carbonyl (C=O) groups is 1. The van der Waals surface area contributed by atoms with Gasteiger partial charge in [-0.15, -0.1) is 0 Å². The Balaban J connectivity index is 3.15. The van der Waals surface area contributed by atoms with Gasteiger partial charge in [-0.25, -0.2) is 13.2 Å². The van der Waals surface area contributed by atoms with Crippen LogP contribution in [0.3, 0.4) is 0 Å². The van der Waals surface area contributed by atoms with E-state index in [1.807, 2.05) is 0 Å². The van der Waals surface area contributed by atoms with Gasteiger partial charge in [-0.2, -0.15) is 4.72 Å². The minimum atomic E-state index is -3.61. The molecule has 0 saturated carbocycles. The van der Waals surface area contributed by atoms with Crippen molar-refractivity contribution in [1.29, 1.82) is 0 Å². The van der Waals surface area contributed by atoms with Gasteiger partial charge >= 0.3 is 5.97 Å². The molecule has 2 N–H and O–H groups in total. The molecule has 1 rings (SSSR count). The third-order valence-electron chi connectivity index (χ3n) is 2.61. The van der Waals surface area contributed by atoms with Gasteiger partial charge in [0.2, 0.25) is 10.0 Å². The van der Waals surface area contributed by atoms with Crippen LogP contribution in [0, 0.1) is 0 Å². The summed E-state index contributed by atoms with van der Waals surface area (Å²) in [5, 5.41) is 9.29. The first kappa shape index (κ1) is 14.7. The van der Waals surface area contributed by atoms with Crippen LogP contribution < -0.4 is 4.72 Å². The van der Waals surface area contributed by atoms with Crippen LogP contribution in [0.1, 0.15) is 25.8 Å². The lowest BCUT2D eigenvalue weighted by Gasteiger charge is -2.26. The van der Waals surface area contributed by atoms with E-state index >= 15 is 0 Å². The maximum atomic E-state index is 11.7. The molecule has 1 aromatic rings. The summed E-state index contributed by atoms with van der Waals surface area (Å²) in [5.74, 6) is -1.32. The maximum Gasteiger partial charge on any atom is 0.329 e. The van der Waals surface area contributed by atoms with E-state index in [1.165, 1.54) is 6.92 Å². The van der Waals surface area contributed by atoms with E-state index in [-0.39, 0.29) is 5.75 Å². The van der Waals surface area contributed by atoms with Crippen LogP contribution in [0.25, 0.3) is 0 Å². The number of aliphatic carboxylic acids is 1. The lowest BCUT2D eigenvalue weighted by Crippen LogP contribution is -2.50. The molecular weight excluding hydrogens is 254 g/mol. The van der Waals surface area contributed by atoms with Crippen molar-refractivity contribution in [2.24, 2.45) is 0 Å². The van der Waals surface area contributed by atoms with Crippen molar-refractivity contribution in [2.45, 2.75) is 25.8 Å². The SMILES string of the molecule is CCCS(=O)(=O)NC(C)(C(=O)O)c1ccccc1. The highest BCUT2D eigenvalue weighted by Crippen LogP contribution is 2.22. The molecule has 100 valence electrons. The number of rotatable bonds is 6. The van der Waals surface area contributed by atoms with E-state index in [0.717, 1.165) is 0 Å². The highest BCUT2D eigenvalue weighted by atomic mass is 32.2. The van der Waals surface area contributed by atoms with Gasteiger partial charge in [0.05, 0.1) is 5.75 Å². The zero-order chi connectivity index (χ0) is 13.8. The first-order valence-electron chi connectivity index (χ1n) is 5.62. The van der Waals surface area contributed by atoms with Crippen molar-refractivity contribution >= 4 is 16.0 Å². The Morgan fingerprint density at radius 2 is 1.89 bits per heavy atom. The van der Waals surface area contributed by atoms with Gasteiger partial charge in [-0.1, -0.05) is 37.3 Å². The molecule has 0 spiro atoms. The van der Waals surface area contributed by atoms with Crippen LogP contribution in [0.2, 0.25) is 0 Å². The van der Waals surface area contributed by atoms with E-state index in [9.17, 15) is 18.3 Å². The number of hydrogen-bond donors (Lipinski definition) is 2. The first-order chi connectivity index (χ1) is 8.32. The Hall–Kier alpha value is -1.40. The molecule has 0 bridgehead atoms. The molecule has 0 aliphatic carbocycles. The Bertz CT molecular complexity index is 512. The fourth-order valence-electron chi connectivity index (χ4n) is 1.63. The van der Waals surface area contributed by atoms with Crippen LogP contribution in [0.5, 0.6) is 0 Å². The number of sulfonamides is 1. The van der Waals surface area contributed by atoms with Crippen LogP contribution in [0.15, 0.2) is 30.3 Å². The fourth-order valence-corrected chi connectivity index (χ4v) is 3.09. The van der Waals surface area contributed by atoms with Crippen molar-refractivity contribution in [1.82, 2.24) is 4.72 Å². The predicted molar refractivity (Wildman–Crippen MR) is 68.6 cm³/mol. The first-order valence-corrected chi connectivity index (χ1v) is 7.27. The van der Waals surface area contributed by atoms with Crippen LogP contribution in [-0.2, 0) is 20.4 Å². The van der Waals surface area contributed by atoms with Gasteiger partial charge in [0, 0.05) is 0 Å². The topological polar surface area (TPSA) is 83.5 Å². The molecule has 5 nitrogen and oxygen atoms in total. The zero-order valence-corrected chi connectivity index (χ0v) is 11.2. The molecule has 0 aliphatic rings. The Morgan fingerprint density at radius 3 is 2.33 bits per heavy atom. The van der Waals surface area contributed by atoms with E-state index in [2.05, 4.69) is 4.72 Å². The summed E-state index contributed by atoms with van der Waals surface area (Å²) in [7, 11) is -3.61. The minimum absolute atomic E-state index is 0.0945. The second kappa shape index (κ2) is 5.49. The van der Waals surface area contributed by atoms with E-state index in [1.54, 1.807) is 37.3 Å². The van der Waals surface area contributed by atoms with Gasteiger partial charge in [-0.05, 0) is 18.9 Å². The van der Waals surface area contributed by atoms with Crippen LogP contribution >= 0.6 is 0 Å². The normalized spacial score (nSPS) is 15.0. The van der Waals surface area contributed by atoms with Crippen molar-refractivity contribution < 1.29 is 18.3 Å². The van der Waals surface area contributed by atoms with Gasteiger partial charge in [0.15, 0.2) is 5.54 Å². The molecule has 18 heavy (non-hydrogen) atoms. The second-order valence-corrected chi connectivity index (χ2v) is 6.06. The number of benzene rings is 1. The highest BCUT2D eigenvalue weighted by molar-refractivity contribution is 7.89. The fraction of sp³-hybridized carbons (Fsp3) is 0.417. The molecule has 0 heterocycles. The largest absolute Gasteiger partial charge is 0.480 e. The summed E-state index contributed by atoms with van der Waals surface area (Å²) >= 11 is 0. The van der Waals surface area contributed by atoms with Gasteiger partial charge in [0.1, 0.15) is 0 Å². The summed E-state index contributed by atoms with van der Waals surface area (Å²) in [4.78, 5) is 11.4. The zero-order valence-electron chi connectivity index (χ0n) is 10.4. The van der Waals surface area contributed by atoms with Gasteiger partial charge in [-0.3, -0.25) is 0 Å². The molecule has 0 fully saturated rings. The number of nitrogens with one attached hydrogen (secondary N) is 1. The molecule has 0 aromatic heterocycles. The molecule has 1 unspecified atom stereocenters. The number of carboxylic acids is 1. The average Bonchev–Trinajstić information content (AvgIpc) is 2.29. The average molecular weight is 271 g/mol. The quantitative estimate of drug-likeness (QED) is 0.817. The van der Waals surface area contributed by atoms with E-state index in [0.29, 0.717) is 12.0 Å². The molecule has 0 amide bonds. The summed E-state index contributed by atoms with van der Waals surface area (Å²) in [6, 6.07) is 8.26. The Labute approximate surface area is 107 Å². The monoisotopic (exact) mass is 271 g/mol. The molecular formula is C12H17NO4S. The maximum absolute atomic E-state index is 11.7. The van der Waals surface area contributed by atoms with Crippen molar-refractivity contribution in [2.75, 3.05) is 5.75 Å². The van der Waals surface area contributed by atoms with Crippen molar-refractivity contribution in [3.63, 3.8) is 0 Å². The summed E-state index contributed by atoms with van der Waals surface area (Å²) in [6.07, 6.45) is 0.430. The minimum Gasteiger partial charge on any atom is -0.480 e. The van der Waals surface area contributed by atoms with Gasteiger partial charge in [0.25, 0.3) is 0 Å². The van der Waals surface area contributed by atoms with Crippen molar-refractivity contribution in [3.8, 4) is 0 Å². The molecule has 0 saturated heterocycles. The van der Waals surface area contributed by atoms with Crippen LogP contribution in [0.4, 0.5) is 0 Å². The molecule has 1 aromatic carbocycles. The van der Waals surface area contributed by atoms with E-state index < -0.39 is 21.5 Å². The standard InChI is InChI=1S/C12H17NO4S/c1-3-9-18(16,17)13-12(2,11(14)15)10-7-5-4-6-8-10/h4-8,13H,3,9H2,1-2H3,(H,14,15). The third-order valence-corrected chi connectivity index (χ3v) is 4.28. The Morgan fingerprint density at radius 1 is 1.33 bits per heavy atom. The smallest absolute Gasteiger partial charge is 0.329 e. The Kier molecular flexibility index (Phi) is 4.48. The second-order valence-electron chi connectivity index (χ2n) is 4.22. The third kappa shape index (κ3) is 3.30. The molecule has 6 heteroatoms.